The van der Waals surface area contributed by atoms with Gasteiger partial charge in [-0.15, -0.1) is 0 Å². The fourth-order valence-electron chi connectivity index (χ4n) is 3.08. The van der Waals surface area contributed by atoms with Gasteiger partial charge in [-0.25, -0.2) is 4.39 Å². The number of fused-ring (bicyclic) bond motifs is 1. The molecule has 3 heteroatoms. The van der Waals surface area contributed by atoms with Crippen LogP contribution in [-0.4, -0.2) is 19.6 Å². The summed E-state index contributed by atoms with van der Waals surface area (Å²) in [6, 6.07) is 15.5. The third-order valence-electron chi connectivity index (χ3n) is 4.26. The molecule has 1 atom stereocenters. The lowest BCUT2D eigenvalue weighted by molar-refractivity contribution is 0.604. The van der Waals surface area contributed by atoms with Gasteiger partial charge >= 0.3 is 0 Å². The van der Waals surface area contributed by atoms with E-state index < -0.39 is 0 Å². The van der Waals surface area contributed by atoms with E-state index in [-0.39, 0.29) is 5.82 Å². The van der Waals surface area contributed by atoms with E-state index in [0.717, 1.165) is 26.1 Å². The first-order chi connectivity index (χ1) is 10.3. The summed E-state index contributed by atoms with van der Waals surface area (Å²) in [6.45, 7) is 4.75. The highest BCUT2D eigenvalue weighted by molar-refractivity contribution is 5.57. The average molecular weight is 284 g/mol. The maximum absolute atomic E-state index is 13.9. The Morgan fingerprint density at radius 1 is 1.14 bits per heavy atom. The van der Waals surface area contributed by atoms with Crippen LogP contribution in [0.3, 0.4) is 0 Å². The van der Waals surface area contributed by atoms with Gasteiger partial charge in [-0.1, -0.05) is 30.3 Å². The molecule has 0 saturated carbocycles. The highest BCUT2D eigenvalue weighted by Gasteiger charge is 2.22. The van der Waals surface area contributed by atoms with E-state index in [4.69, 9.17) is 0 Å². The molecule has 3 rings (SSSR count). The van der Waals surface area contributed by atoms with Crippen LogP contribution in [0.15, 0.2) is 48.5 Å². The van der Waals surface area contributed by atoms with E-state index in [2.05, 4.69) is 41.4 Å². The molecule has 2 aromatic rings. The summed E-state index contributed by atoms with van der Waals surface area (Å²) in [6.07, 6.45) is 1.03. The Morgan fingerprint density at radius 3 is 2.71 bits per heavy atom. The lowest BCUT2D eigenvalue weighted by atomic mass is 9.97. The van der Waals surface area contributed by atoms with E-state index in [1.807, 2.05) is 12.1 Å². The number of para-hydroxylation sites is 2. The Kier molecular flexibility index (Phi) is 4.09. The molecule has 0 bridgehead atoms. The molecule has 21 heavy (non-hydrogen) atoms. The van der Waals surface area contributed by atoms with Crippen LogP contribution in [0.5, 0.6) is 0 Å². The van der Waals surface area contributed by atoms with Crippen LogP contribution in [0.2, 0.25) is 0 Å². The molecule has 1 aliphatic heterocycles. The van der Waals surface area contributed by atoms with Crippen molar-refractivity contribution in [2.45, 2.75) is 19.3 Å². The second-order valence-electron chi connectivity index (χ2n) is 5.48. The number of benzene rings is 2. The maximum Gasteiger partial charge on any atom is 0.146 e. The summed E-state index contributed by atoms with van der Waals surface area (Å²) in [5.41, 5.74) is 3.35. The second-order valence-corrected chi connectivity index (χ2v) is 5.48. The van der Waals surface area contributed by atoms with Gasteiger partial charge in [-0.2, -0.15) is 0 Å². The van der Waals surface area contributed by atoms with Crippen LogP contribution in [0.4, 0.5) is 15.8 Å². The number of hydrogen-bond acceptors (Lipinski definition) is 2. The molecule has 1 unspecified atom stereocenters. The molecule has 1 heterocycles. The monoisotopic (exact) mass is 284 g/mol. The summed E-state index contributed by atoms with van der Waals surface area (Å²) in [4.78, 5) is 2.12. The number of nitrogens with zero attached hydrogens (tertiary/aromatic N) is 1. The number of hydrogen-bond donors (Lipinski definition) is 1. The minimum atomic E-state index is -0.135. The molecule has 0 radical (unpaired) electrons. The van der Waals surface area contributed by atoms with Gasteiger partial charge in [-0.05, 0) is 37.1 Å². The number of nitrogens with one attached hydrogen (secondary N) is 1. The maximum atomic E-state index is 13.9. The Balaban J connectivity index is 1.68. The Bertz CT molecular complexity index is 612. The zero-order valence-electron chi connectivity index (χ0n) is 12.3. The largest absolute Gasteiger partial charge is 0.384 e. The summed E-state index contributed by atoms with van der Waals surface area (Å²) >= 11 is 0. The van der Waals surface area contributed by atoms with E-state index in [9.17, 15) is 4.39 Å². The predicted molar refractivity (Wildman–Crippen MR) is 86.6 cm³/mol. The molecular formula is C18H21FN2. The molecule has 0 aliphatic carbocycles. The molecule has 0 spiro atoms. The van der Waals surface area contributed by atoms with Crippen molar-refractivity contribution in [3.8, 4) is 0 Å². The van der Waals surface area contributed by atoms with Crippen LogP contribution in [0.25, 0.3) is 0 Å². The number of halogens is 1. The van der Waals surface area contributed by atoms with Crippen molar-refractivity contribution in [3.05, 3.63) is 59.9 Å². The molecule has 1 N–H and O–H groups in total. The van der Waals surface area contributed by atoms with Gasteiger partial charge < -0.3 is 10.2 Å². The molecule has 0 amide bonds. The van der Waals surface area contributed by atoms with Crippen molar-refractivity contribution in [3.63, 3.8) is 0 Å². The van der Waals surface area contributed by atoms with Gasteiger partial charge in [-0.3, -0.25) is 0 Å². The van der Waals surface area contributed by atoms with Crippen molar-refractivity contribution < 1.29 is 4.39 Å². The molecule has 110 valence electrons. The summed E-state index contributed by atoms with van der Waals surface area (Å²) < 4.78 is 13.9. The number of rotatable bonds is 5. The molecule has 0 saturated heterocycles. The highest BCUT2D eigenvalue weighted by Crippen LogP contribution is 2.33. The third-order valence-corrected chi connectivity index (χ3v) is 4.26. The molecular weight excluding hydrogens is 263 g/mol. The molecule has 1 aliphatic rings. The summed E-state index contributed by atoms with van der Waals surface area (Å²) in [7, 11) is 0. The van der Waals surface area contributed by atoms with Gasteiger partial charge in [0.15, 0.2) is 0 Å². The Labute approximate surface area is 125 Å². The molecule has 0 aromatic heterocycles. The van der Waals surface area contributed by atoms with E-state index in [1.165, 1.54) is 17.3 Å². The van der Waals surface area contributed by atoms with Crippen LogP contribution in [0, 0.1) is 5.82 Å². The van der Waals surface area contributed by atoms with Crippen LogP contribution in [-0.2, 0) is 0 Å². The van der Waals surface area contributed by atoms with Crippen molar-refractivity contribution in [1.29, 1.82) is 0 Å². The minimum Gasteiger partial charge on any atom is -0.384 e. The van der Waals surface area contributed by atoms with Crippen molar-refractivity contribution >= 4 is 11.4 Å². The summed E-state index contributed by atoms with van der Waals surface area (Å²) in [5.74, 6) is 0.381. The van der Waals surface area contributed by atoms with Gasteiger partial charge in [0.25, 0.3) is 0 Å². The molecule has 0 fully saturated rings. The van der Waals surface area contributed by atoms with Crippen LogP contribution >= 0.6 is 0 Å². The van der Waals surface area contributed by atoms with Crippen molar-refractivity contribution in [2.75, 3.05) is 29.9 Å². The Morgan fingerprint density at radius 2 is 1.90 bits per heavy atom. The smallest absolute Gasteiger partial charge is 0.146 e. The van der Waals surface area contributed by atoms with E-state index in [1.54, 1.807) is 6.07 Å². The standard InChI is InChI=1S/C18H21FN2/c1-2-21(18-10-6-4-8-16(18)19)12-11-14-13-20-17-9-5-3-7-15(14)17/h3-10,14,20H,2,11-13H2,1H3. The number of anilines is 2. The molecule has 2 aromatic carbocycles. The van der Waals surface area contributed by atoms with Gasteiger partial charge in [0, 0.05) is 31.2 Å². The SMILES string of the molecule is CCN(CCC1CNc2ccccc21)c1ccccc1F. The Hall–Kier alpha value is -2.03. The first-order valence-electron chi connectivity index (χ1n) is 7.62. The summed E-state index contributed by atoms with van der Waals surface area (Å²) in [5, 5.41) is 3.45. The lowest BCUT2D eigenvalue weighted by Gasteiger charge is -2.25. The van der Waals surface area contributed by atoms with E-state index in [0.29, 0.717) is 11.6 Å². The van der Waals surface area contributed by atoms with Crippen molar-refractivity contribution in [1.82, 2.24) is 0 Å². The van der Waals surface area contributed by atoms with Gasteiger partial charge in [0.1, 0.15) is 5.82 Å². The van der Waals surface area contributed by atoms with Crippen LogP contribution in [0.1, 0.15) is 24.8 Å². The fourth-order valence-corrected chi connectivity index (χ4v) is 3.08. The quantitative estimate of drug-likeness (QED) is 0.883. The van der Waals surface area contributed by atoms with E-state index >= 15 is 0 Å². The zero-order chi connectivity index (χ0) is 14.7. The van der Waals surface area contributed by atoms with Crippen LogP contribution < -0.4 is 10.2 Å². The van der Waals surface area contributed by atoms with Crippen molar-refractivity contribution in [2.24, 2.45) is 0 Å². The normalized spacial score (nSPS) is 16.4. The first kappa shape index (κ1) is 13.9. The first-order valence-corrected chi connectivity index (χ1v) is 7.62. The highest BCUT2D eigenvalue weighted by atomic mass is 19.1. The van der Waals surface area contributed by atoms with Gasteiger partial charge in [0.05, 0.1) is 5.69 Å². The fraction of sp³-hybridized carbons (Fsp3) is 0.333. The minimum absolute atomic E-state index is 0.135. The van der Waals surface area contributed by atoms with Gasteiger partial charge in [0.2, 0.25) is 0 Å². The second kappa shape index (κ2) is 6.17. The third kappa shape index (κ3) is 2.87. The molecule has 2 nitrogen and oxygen atoms in total. The average Bonchev–Trinajstić information content (AvgIpc) is 2.93. The topological polar surface area (TPSA) is 15.3 Å². The zero-order valence-corrected chi connectivity index (χ0v) is 12.3. The lowest BCUT2D eigenvalue weighted by Crippen LogP contribution is -2.26. The predicted octanol–water partition coefficient (Wildman–Crippen LogP) is 4.25.